The van der Waals surface area contributed by atoms with Crippen LogP contribution in [0.4, 0.5) is 0 Å². The Labute approximate surface area is 107 Å². The van der Waals surface area contributed by atoms with Gasteiger partial charge >= 0.3 is 0 Å². The van der Waals surface area contributed by atoms with Crippen LogP contribution in [-0.4, -0.2) is 43.2 Å². The van der Waals surface area contributed by atoms with Crippen LogP contribution in [0.2, 0.25) is 0 Å². The van der Waals surface area contributed by atoms with Crippen LogP contribution in [0.1, 0.15) is 46.5 Å². The molecule has 17 heavy (non-hydrogen) atoms. The summed E-state index contributed by atoms with van der Waals surface area (Å²) in [6.07, 6.45) is 4.89. The fourth-order valence-electron chi connectivity index (χ4n) is 2.79. The van der Waals surface area contributed by atoms with Crippen molar-refractivity contribution in [2.45, 2.75) is 58.0 Å². The fraction of sp³-hybridized carbons (Fsp3) is 1.00. The van der Waals surface area contributed by atoms with Gasteiger partial charge in [-0.05, 0) is 45.8 Å². The Morgan fingerprint density at radius 1 is 1.41 bits per heavy atom. The third kappa shape index (κ3) is 3.94. The number of piperidine rings is 1. The molecule has 1 aliphatic rings. The Morgan fingerprint density at radius 3 is 2.53 bits per heavy atom. The summed E-state index contributed by atoms with van der Waals surface area (Å²) in [6, 6.07) is 0.640. The van der Waals surface area contributed by atoms with E-state index in [2.05, 4.69) is 38.0 Å². The number of likely N-dealkylation sites (tertiary alicyclic amines) is 1. The van der Waals surface area contributed by atoms with E-state index in [9.17, 15) is 0 Å². The van der Waals surface area contributed by atoms with Crippen molar-refractivity contribution in [3.63, 3.8) is 0 Å². The normalized spacial score (nSPS) is 31.1. The number of nitrogens with zero attached hydrogens (tertiary/aromatic N) is 1. The number of nitrogens with one attached hydrogen (secondary N) is 1. The van der Waals surface area contributed by atoms with Gasteiger partial charge in [0.1, 0.15) is 0 Å². The second-order valence-corrected chi connectivity index (χ2v) is 5.83. The first-order chi connectivity index (χ1) is 8.06. The summed E-state index contributed by atoms with van der Waals surface area (Å²) < 4.78 is 0. The smallest absolute Gasteiger partial charge is 0.0331 e. The van der Waals surface area contributed by atoms with Gasteiger partial charge in [-0.25, -0.2) is 0 Å². The molecule has 2 unspecified atom stereocenters. The topological polar surface area (TPSA) is 41.3 Å². The van der Waals surface area contributed by atoms with Gasteiger partial charge in [-0.1, -0.05) is 26.7 Å². The van der Waals surface area contributed by atoms with Crippen LogP contribution in [0.15, 0.2) is 0 Å². The van der Waals surface area contributed by atoms with Gasteiger partial charge in [0.25, 0.3) is 0 Å². The molecule has 3 nitrogen and oxygen atoms in total. The number of rotatable bonds is 6. The second kappa shape index (κ2) is 6.72. The van der Waals surface area contributed by atoms with E-state index in [1.54, 1.807) is 0 Å². The Hall–Kier alpha value is -0.120. The standard InChI is InChI=1S/C14H31N3/c1-5-13(6-2)10-16-14(11-15)7-8-17(4)12(3)9-14/h12-13,16H,5-11,15H2,1-4H3. The minimum Gasteiger partial charge on any atom is -0.329 e. The minimum atomic E-state index is 0.189. The van der Waals surface area contributed by atoms with Crippen LogP contribution in [0.5, 0.6) is 0 Å². The maximum Gasteiger partial charge on any atom is 0.0331 e. The van der Waals surface area contributed by atoms with Crippen molar-refractivity contribution in [3.8, 4) is 0 Å². The van der Waals surface area contributed by atoms with E-state index < -0.39 is 0 Å². The van der Waals surface area contributed by atoms with Gasteiger partial charge in [-0.15, -0.1) is 0 Å². The van der Waals surface area contributed by atoms with Crippen molar-refractivity contribution < 1.29 is 0 Å². The largest absolute Gasteiger partial charge is 0.329 e. The molecular weight excluding hydrogens is 210 g/mol. The number of nitrogens with two attached hydrogens (primary N) is 1. The van der Waals surface area contributed by atoms with Crippen LogP contribution in [0.25, 0.3) is 0 Å². The highest BCUT2D eigenvalue weighted by Crippen LogP contribution is 2.25. The molecular formula is C14H31N3. The summed E-state index contributed by atoms with van der Waals surface area (Å²) in [5, 5.41) is 3.79. The molecule has 0 aromatic heterocycles. The predicted molar refractivity (Wildman–Crippen MR) is 75.2 cm³/mol. The molecule has 1 saturated heterocycles. The van der Waals surface area contributed by atoms with Gasteiger partial charge in [-0.3, -0.25) is 0 Å². The molecule has 0 amide bonds. The molecule has 0 aromatic rings. The lowest BCUT2D eigenvalue weighted by atomic mass is 9.83. The highest BCUT2D eigenvalue weighted by atomic mass is 15.2. The Kier molecular flexibility index (Phi) is 5.90. The molecule has 0 aliphatic carbocycles. The van der Waals surface area contributed by atoms with E-state index in [1.165, 1.54) is 25.7 Å². The second-order valence-electron chi connectivity index (χ2n) is 5.83. The van der Waals surface area contributed by atoms with E-state index in [0.717, 1.165) is 25.6 Å². The lowest BCUT2D eigenvalue weighted by Crippen LogP contribution is -2.60. The summed E-state index contributed by atoms with van der Waals surface area (Å²) in [7, 11) is 2.21. The molecule has 3 heteroatoms. The van der Waals surface area contributed by atoms with Gasteiger partial charge in [0.2, 0.25) is 0 Å². The summed E-state index contributed by atoms with van der Waals surface area (Å²) in [4.78, 5) is 2.44. The fourth-order valence-corrected chi connectivity index (χ4v) is 2.79. The molecule has 1 rings (SSSR count). The molecule has 0 saturated carbocycles. The Morgan fingerprint density at radius 2 is 2.06 bits per heavy atom. The zero-order valence-electron chi connectivity index (χ0n) is 12.1. The van der Waals surface area contributed by atoms with Crippen molar-refractivity contribution in [3.05, 3.63) is 0 Å². The van der Waals surface area contributed by atoms with E-state index in [1.807, 2.05) is 0 Å². The quantitative estimate of drug-likeness (QED) is 0.745. The number of hydrogen-bond donors (Lipinski definition) is 2. The third-order valence-corrected chi connectivity index (χ3v) is 4.69. The zero-order chi connectivity index (χ0) is 12.9. The molecule has 0 aromatic carbocycles. The first-order valence-electron chi connectivity index (χ1n) is 7.22. The number of hydrogen-bond acceptors (Lipinski definition) is 3. The SMILES string of the molecule is CCC(CC)CNC1(CN)CCN(C)C(C)C1. The third-order valence-electron chi connectivity index (χ3n) is 4.69. The van der Waals surface area contributed by atoms with Gasteiger partial charge in [-0.2, -0.15) is 0 Å². The molecule has 0 radical (unpaired) electrons. The van der Waals surface area contributed by atoms with Crippen molar-refractivity contribution in [2.75, 3.05) is 26.7 Å². The highest BCUT2D eigenvalue weighted by Gasteiger charge is 2.35. The zero-order valence-corrected chi connectivity index (χ0v) is 12.1. The van der Waals surface area contributed by atoms with Crippen LogP contribution in [0.3, 0.4) is 0 Å². The Balaban J connectivity index is 2.51. The maximum absolute atomic E-state index is 6.03. The van der Waals surface area contributed by atoms with Crippen molar-refractivity contribution >= 4 is 0 Å². The molecule has 1 aliphatic heterocycles. The van der Waals surface area contributed by atoms with E-state index in [0.29, 0.717) is 6.04 Å². The monoisotopic (exact) mass is 241 g/mol. The summed E-state index contributed by atoms with van der Waals surface area (Å²) >= 11 is 0. The van der Waals surface area contributed by atoms with Crippen LogP contribution in [0, 0.1) is 5.92 Å². The van der Waals surface area contributed by atoms with E-state index in [4.69, 9.17) is 5.73 Å². The average Bonchev–Trinajstić information content (AvgIpc) is 2.35. The highest BCUT2D eigenvalue weighted by molar-refractivity contribution is 4.97. The maximum atomic E-state index is 6.03. The summed E-state index contributed by atoms with van der Waals surface area (Å²) in [5.41, 5.74) is 6.22. The molecule has 102 valence electrons. The summed E-state index contributed by atoms with van der Waals surface area (Å²) in [5.74, 6) is 0.799. The van der Waals surface area contributed by atoms with Crippen molar-refractivity contribution in [2.24, 2.45) is 11.7 Å². The molecule has 3 N–H and O–H groups in total. The van der Waals surface area contributed by atoms with Gasteiger partial charge in [0.05, 0.1) is 0 Å². The molecule has 1 heterocycles. The van der Waals surface area contributed by atoms with Crippen LogP contribution >= 0.6 is 0 Å². The first kappa shape index (κ1) is 14.9. The van der Waals surface area contributed by atoms with Gasteiger partial charge < -0.3 is 16.0 Å². The molecule has 1 fully saturated rings. The van der Waals surface area contributed by atoms with E-state index >= 15 is 0 Å². The lowest BCUT2D eigenvalue weighted by molar-refractivity contribution is 0.107. The average molecular weight is 241 g/mol. The lowest BCUT2D eigenvalue weighted by Gasteiger charge is -2.45. The van der Waals surface area contributed by atoms with Crippen LogP contribution < -0.4 is 11.1 Å². The molecule has 0 bridgehead atoms. The van der Waals surface area contributed by atoms with Gasteiger partial charge in [0, 0.05) is 18.1 Å². The first-order valence-corrected chi connectivity index (χ1v) is 7.22. The predicted octanol–water partition coefficient (Wildman–Crippen LogP) is 1.82. The van der Waals surface area contributed by atoms with Crippen molar-refractivity contribution in [1.82, 2.24) is 10.2 Å². The van der Waals surface area contributed by atoms with E-state index in [-0.39, 0.29) is 5.54 Å². The minimum absolute atomic E-state index is 0.189. The van der Waals surface area contributed by atoms with Crippen molar-refractivity contribution in [1.29, 1.82) is 0 Å². The van der Waals surface area contributed by atoms with Crippen LogP contribution in [-0.2, 0) is 0 Å². The Bertz CT molecular complexity index is 216. The molecule has 0 spiro atoms. The van der Waals surface area contributed by atoms with Gasteiger partial charge in [0.15, 0.2) is 0 Å². The molecule has 2 atom stereocenters. The summed E-state index contributed by atoms with van der Waals surface area (Å²) in [6.45, 7) is 9.92.